The van der Waals surface area contributed by atoms with E-state index >= 15 is 0 Å². The highest BCUT2D eigenvalue weighted by Crippen LogP contribution is 2.32. The molecule has 1 aromatic heterocycles. The number of halogens is 1. The van der Waals surface area contributed by atoms with Crippen LogP contribution in [0.25, 0.3) is 0 Å². The van der Waals surface area contributed by atoms with Gasteiger partial charge < -0.3 is 14.4 Å². The smallest absolute Gasteiger partial charge is 0.272 e. The minimum Gasteiger partial charge on any atom is -0.383 e. The number of fused-ring (bicyclic) bond motifs is 1. The zero-order valence-corrected chi connectivity index (χ0v) is 16.2. The highest BCUT2D eigenvalue weighted by Gasteiger charge is 2.33. The monoisotopic (exact) mass is 375 g/mol. The van der Waals surface area contributed by atoms with Gasteiger partial charge in [0.15, 0.2) is 0 Å². The van der Waals surface area contributed by atoms with Crippen LogP contribution in [0, 0.1) is 5.82 Å². The summed E-state index contributed by atoms with van der Waals surface area (Å²) in [6, 6.07) is 6.18. The maximum absolute atomic E-state index is 13.3. The van der Waals surface area contributed by atoms with Crippen LogP contribution in [0.3, 0.4) is 0 Å². The van der Waals surface area contributed by atoms with Gasteiger partial charge in [-0.1, -0.05) is 12.1 Å². The van der Waals surface area contributed by atoms with Crippen LogP contribution in [0.5, 0.6) is 0 Å². The van der Waals surface area contributed by atoms with Crippen molar-refractivity contribution in [2.75, 3.05) is 20.8 Å². The topological polar surface area (TPSA) is 56.6 Å². The van der Waals surface area contributed by atoms with Crippen LogP contribution in [0.15, 0.2) is 24.3 Å². The fraction of sp³-hybridized carbons (Fsp3) is 0.500. The Labute approximate surface area is 158 Å². The Hall–Kier alpha value is -2.25. The molecule has 7 heteroatoms. The predicted octanol–water partition coefficient (Wildman–Crippen LogP) is 2.96. The van der Waals surface area contributed by atoms with Gasteiger partial charge in [-0.2, -0.15) is 5.10 Å². The number of hydrogen-bond acceptors (Lipinski definition) is 4. The van der Waals surface area contributed by atoms with Crippen molar-refractivity contribution in [3.8, 4) is 0 Å². The molecule has 146 valence electrons. The number of methoxy groups -OCH3 is 1. The van der Waals surface area contributed by atoms with Crippen molar-refractivity contribution >= 4 is 5.91 Å². The van der Waals surface area contributed by atoms with Gasteiger partial charge in [-0.15, -0.1) is 0 Å². The maximum atomic E-state index is 13.3. The third-order valence-electron chi connectivity index (χ3n) is 4.78. The fourth-order valence-electron chi connectivity index (χ4n) is 3.49. The second kappa shape index (κ2) is 8.19. The maximum Gasteiger partial charge on any atom is 0.272 e. The van der Waals surface area contributed by atoms with Crippen LogP contribution in [0.4, 0.5) is 4.39 Å². The summed E-state index contributed by atoms with van der Waals surface area (Å²) >= 11 is 0. The molecule has 2 aromatic rings. The number of amides is 1. The molecule has 0 saturated carbocycles. The number of carbonyl (C=O) groups is 1. The van der Waals surface area contributed by atoms with E-state index in [-0.39, 0.29) is 23.9 Å². The van der Waals surface area contributed by atoms with Crippen LogP contribution in [-0.2, 0) is 29.0 Å². The van der Waals surface area contributed by atoms with Gasteiger partial charge in [0.1, 0.15) is 11.5 Å². The Balaban J connectivity index is 1.90. The molecule has 3 rings (SSSR count). The van der Waals surface area contributed by atoms with E-state index in [9.17, 15) is 9.18 Å². The minimum atomic E-state index is -0.289. The molecule has 0 saturated heterocycles. The number of benzene rings is 1. The Kier molecular flexibility index (Phi) is 5.92. The second-order valence-corrected chi connectivity index (χ2v) is 7.01. The van der Waals surface area contributed by atoms with Crippen molar-refractivity contribution < 1.29 is 18.7 Å². The summed E-state index contributed by atoms with van der Waals surface area (Å²) in [5.74, 6) is -0.395. The molecule has 0 spiro atoms. The van der Waals surface area contributed by atoms with Gasteiger partial charge in [-0.25, -0.2) is 4.39 Å². The molecule has 0 bridgehead atoms. The summed E-state index contributed by atoms with van der Waals surface area (Å²) in [6.07, 6.45) is 0.529. The van der Waals surface area contributed by atoms with Crippen molar-refractivity contribution in [3.63, 3.8) is 0 Å². The van der Waals surface area contributed by atoms with E-state index in [1.165, 1.54) is 12.1 Å². The molecule has 1 aromatic carbocycles. The molecule has 1 amide bonds. The molecule has 0 fully saturated rings. The number of ether oxygens (including phenoxy) is 2. The van der Waals surface area contributed by atoms with Crippen molar-refractivity contribution in [1.29, 1.82) is 0 Å². The average Bonchev–Trinajstić information content (AvgIpc) is 2.99. The van der Waals surface area contributed by atoms with E-state index in [2.05, 4.69) is 5.10 Å². The van der Waals surface area contributed by atoms with Crippen molar-refractivity contribution in [2.24, 2.45) is 0 Å². The molecule has 0 aliphatic carbocycles. The Morgan fingerprint density at radius 1 is 1.37 bits per heavy atom. The minimum absolute atomic E-state index is 0.0292. The van der Waals surface area contributed by atoms with Gasteiger partial charge in [0.25, 0.3) is 5.91 Å². The molecule has 6 nitrogen and oxygen atoms in total. The van der Waals surface area contributed by atoms with Crippen molar-refractivity contribution in [1.82, 2.24) is 14.7 Å². The number of hydrogen-bond donors (Lipinski definition) is 0. The SMILES string of the molecule is COCCn1nc2c(c1C(=O)N(C)Cc1ccc(F)cc1)C[C@H](C)O[C@@H]2C. The molecule has 2 atom stereocenters. The lowest BCUT2D eigenvalue weighted by Gasteiger charge is -2.25. The first-order valence-electron chi connectivity index (χ1n) is 9.14. The third kappa shape index (κ3) is 4.20. The van der Waals surface area contributed by atoms with Gasteiger partial charge in [-0.05, 0) is 31.5 Å². The van der Waals surface area contributed by atoms with Crippen LogP contribution in [0.1, 0.15) is 47.3 Å². The lowest BCUT2D eigenvalue weighted by atomic mass is 9.99. The highest BCUT2D eigenvalue weighted by molar-refractivity contribution is 5.94. The first-order chi connectivity index (χ1) is 12.9. The van der Waals surface area contributed by atoms with E-state index in [1.54, 1.807) is 35.9 Å². The molecular weight excluding hydrogens is 349 g/mol. The zero-order valence-electron chi connectivity index (χ0n) is 16.2. The summed E-state index contributed by atoms with van der Waals surface area (Å²) in [7, 11) is 3.37. The zero-order chi connectivity index (χ0) is 19.6. The van der Waals surface area contributed by atoms with Crippen LogP contribution >= 0.6 is 0 Å². The van der Waals surface area contributed by atoms with Crippen LogP contribution in [0.2, 0.25) is 0 Å². The molecule has 1 aliphatic rings. The first-order valence-corrected chi connectivity index (χ1v) is 9.14. The number of nitrogens with zero attached hydrogens (tertiary/aromatic N) is 3. The van der Waals surface area contributed by atoms with Gasteiger partial charge >= 0.3 is 0 Å². The summed E-state index contributed by atoms with van der Waals surface area (Å²) in [5, 5.41) is 4.64. The van der Waals surface area contributed by atoms with Gasteiger partial charge in [0.05, 0.1) is 31.1 Å². The van der Waals surface area contributed by atoms with Crippen molar-refractivity contribution in [3.05, 3.63) is 52.6 Å². The lowest BCUT2D eigenvalue weighted by molar-refractivity contribution is -0.00720. The number of rotatable bonds is 6. The van der Waals surface area contributed by atoms with E-state index in [4.69, 9.17) is 9.47 Å². The first kappa shape index (κ1) is 19.5. The largest absolute Gasteiger partial charge is 0.383 e. The standard InChI is InChI=1S/C20H26FN3O3/c1-13-11-17-18(14(2)27-13)22-24(9-10-26-4)19(17)20(25)23(3)12-15-5-7-16(21)8-6-15/h5-8,13-14H,9-12H2,1-4H3/t13-,14+/m0/s1. The summed E-state index contributed by atoms with van der Waals surface area (Å²) in [4.78, 5) is 14.9. The number of carbonyl (C=O) groups excluding carboxylic acids is 1. The highest BCUT2D eigenvalue weighted by atomic mass is 19.1. The van der Waals surface area contributed by atoms with E-state index in [0.29, 0.717) is 31.8 Å². The Bertz CT molecular complexity index is 804. The predicted molar refractivity (Wildman–Crippen MR) is 99.0 cm³/mol. The van der Waals surface area contributed by atoms with Gasteiger partial charge in [-0.3, -0.25) is 9.48 Å². The molecule has 2 heterocycles. The molecule has 0 radical (unpaired) electrons. The molecule has 27 heavy (non-hydrogen) atoms. The third-order valence-corrected chi connectivity index (χ3v) is 4.78. The van der Waals surface area contributed by atoms with Gasteiger partial charge in [0, 0.05) is 32.7 Å². The van der Waals surface area contributed by atoms with E-state index < -0.39 is 0 Å². The average molecular weight is 375 g/mol. The molecule has 1 aliphatic heterocycles. The Morgan fingerprint density at radius 3 is 2.74 bits per heavy atom. The second-order valence-electron chi connectivity index (χ2n) is 7.01. The quantitative estimate of drug-likeness (QED) is 0.779. The van der Waals surface area contributed by atoms with Crippen LogP contribution < -0.4 is 0 Å². The summed E-state index contributed by atoms with van der Waals surface area (Å²) in [5.41, 5.74) is 3.24. The Morgan fingerprint density at radius 2 is 2.07 bits per heavy atom. The van der Waals surface area contributed by atoms with E-state index in [0.717, 1.165) is 16.8 Å². The molecular formula is C20H26FN3O3. The van der Waals surface area contributed by atoms with Crippen molar-refractivity contribution in [2.45, 2.75) is 45.6 Å². The number of aromatic nitrogens is 2. The normalized spacial score (nSPS) is 19.0. The lowest BCUT2D eigenvalue weighted by Crippen LogP contribution is -2.31. The molecule has 0 N–H and O–H groups in total. The van der Waals surface area contributed by atoms with Crippen LogP contribution in [-0.4, -0.2) is 47.5 Å². The van der Waals surface area contributed by atoms with E-state index in [1.807, 2.05) is 13.8 Å². The summed E-state index contributed by atoms with van der Waals surface area (Å²) in [6.45, 7) is 5.31. The van der Waals surface area contributed by atoms with Gasteiger partial charge in [0.2, 0.25) is 0 Å². The summed E-state index contributed by atoms with van der Waals surface area (Å²) < 4.78 is 25.9. The fourth-order valence-corrected chi connectivity index (χ4v) is 3.49. The molecule has 0 unspecified atom stereocenters.